The number of rotatable bonds is 5. The minimum atomic E-state index is -0.617. The predicted molar refractivity (Wildman–Crippen MR) is 111 cm³/mol. The molecule has 2 aliphatic rings. The molecule has 4 rings (SSSR count). The van der Waals surface area contributed by atoms with Crippen molar-refractivity contribution in [3.05, 3.63) is 46.5 Å². The van der Waals surface area contributed by atoms with Gasteiger partial charge in [0.15, 0.2) is 5.88 Å². The molecule has 30 heavy (non-hydrogen) atoms. The zero-order chi connectivity index (χ0) is 21.1. The number of carbonyl (C=O) groups is 3. The highest BCUT2D eigenvalue weighted by molar-refractivity contribution is 8.18. The van der Waals surface area contributed by atoms with Gasteiger partial charge in [0.25, 0.3) is 11.1 Å². The Balaban J connectivity index is 1.45. The number of carbonyl (C=O) groups excluding carboxylic acids is 3. The second kappa shape index (κ2) is 8.83. The van der Waals surface area contributed by atoms with Crippen molar-refractivity contribution < 1.29 is 28.0 Å². The van der Waals surface area contributed by atoms with Gasteiger partial charge in [-0.15, -0.1) is 0 Å². The second-order valence-electron chi connectivity index (χ2n) is 7.10. The van der Waals surface area contributed by atoms with Gasteiger partial charge in [0.05, 0.1) is 18.6 Å². The van der Waals surface area contributed by atoms with E-state index < -0.39 is 17.1 Å². The van der Waals surface area contributed by atoms with Gasteiger partial charge in [-0.2, -0.15) is 0 Å². The Morgan fingerprint density at radius 1 is 1.10 bits per heavy atom. The van der Waals surface area contributed by atoms with E-state index in [4.69, 9.17) is 8.83 Å². The maximum Gasteiger partial charge on any atom is 0.373 e. The van der Waals surface area contributed by atoms with E-state index in [1.54, 1.807) is 12.1 Å². The van der Waals surface area contributed by atoms with E-state index in [0.717, 1.165) is 48.5 Å². The van der Waals surface area contributed by atoms with Gasteiger partial charge < -0.3 is 18.5 Å². The zero-order valence-electron chi connectivity index (χ0n) is 16.6. The minimum Gasteiger partial charge on any atom is -0.463 e. The van der Waals surface area contributed by atoms with Crippen molar-refractivity contribution in [3.63, 3.8) is 0 Å². The van der Waals surface area contributed by atoms with E-state index >= 15 is 0 Å². The fraction of sp³-hybridized carbons (Fsp3) is 0.381. The summed E-state index contributed by atoms with van der Waals surface area (Å²) in [6.07, 6.45) is 6.33. The average Bonchev–Trinajstić information content (AvgIpc) is 3.40. The average molecular weight is 430 g/mol. The number of anilines is 1. The molecule has 2 aromatic rings. The molecule has 158 valence electrons. The molecule has 0 unspecified atom stereocenters. The van der Waals surface area contributed by atoms with Crippen LogP contribution in [-0.2, 0) is 16.1 Å². The van der Waals surface area contributed by atoms with Gasteiger partial charge in [-0.25, -0.2) is 4.79 Å². The highest BCUT2D eigenvalue weighted by Gasteiger charge is 2.36. The molecule has 2 aromatic heterocycles. The molecule has 0 radical (unpaired) electrons. The molecule has 0 aromatic carbocycles. The standard InChI is InChI=1S/C21H22N2O6S/c1-27-20(25)16-8-6-15(28-16)13-23-19(24)17(30-21(23)26)12-14-7-9-18(29-14)22-10-4-2-3-5-11-22/h6-9,12H,2-5,10-11,13H2,1H3. The summed E-state index contributed by atoms with van der Waals surface area (Å²) in [5.41, 5.74) is 0. The van der Waals surface area contributed by atoms with E-state index in [1.165, 1.54) is 26.0 Å². The molecular weight excluding hydrogens is 408 g/mol. The highest BCUT2D eigenvalue weighted by Crippen LogP contribution is 2.34. The van der Waals surface area contributed by atoms with Crippen molar-refractivity contribution in [2.45, 2.75) is 32.2 Å². The Hall–Kier alpha value is -2.94. The van der Waals surface area contributed by atoms with E-state index in [9.17, 15) is 14.4 Å². The van der Waals surface area contributed by atoms with Crippen LogP contribution in [0.3, 0.4) is 0 Å². The SMILES string of the molecule is COC(=O)c1ccc(CN2C(=O)SC(=Cc3ccc(N4CCCCCC4)o3)C2=O)o1. The number of nitrogens with zero attached hydrogens (tertiary/aromatic N) is 2. The maximum absolute atomic E-state index is 12.7. The van der Waals surface area contributed by atoms with E-state index in [2.05, 4.69) is 9.64 Å². The summed E-state index contributed by atoms with van der Waals surface area (Å²) in [4.78, 5) is 40.1. The van der Waals surface area contributed by atoms with Crippen molar-refractivity contribution in [1.82, 2.24) is 4.90 Å². The fourth-order valence-corrected chi connectivity index (χ4v) is 4.29. The van der Waals surface area contributed by atoms with Crippen LogP contribution in [0.4, 0.5) is 10.7 Å². The van der Waals surface area contributed by atoms with Gasteiger partial charge >= 0.3 is 5.97 Å². The summed E-state index contributed by atoms with van der Waals surface area (Å²) in [5.74, 6) is 0.619. The van der Waals surface area contributed by atoms with Crippen LogP contribution in [-0.4, -0.2) is 42.2 Å². The first-order valence-corrected chi connectivity index (χ1v) is 10.6. The third kappa shape index (κ3) is 4.30. The fourth-order valence-electron chi connectivity index (χ4n) is 3.48. The minimum absolute atomic E-state index is 0.0200. The first-order chi connectivity index (χ1) is 14.5. The van der Waals surface area contributed by atoms with Gasteiger partial charge in [0.2, 0.25) is 5.76 Å². The van der Waals surface area contributed by atoms with E-state index in [0.29, 0.717) is 11.5 Å². The Morgan fingerprint density at radius 3 is 2.60 bits per heavy atom. The Labute approximate surface area is 177 Å². The molecule has 0 spiro atoms. The predicted octanol–water partition coefficient (Wildman–Crippen LogP) is 4.28. The van der Waals surface area contributed by atoms with Crippen LogP contribution < -0.4 is 4.90 Å². The molecule has 0 bridgehead atoms. The number of imide groups is 1. The number of ether oxygens (including phenoxy) is 1. The third-order valence-electron chi connectivity index (χ3n) is 5.04. The molecule has 8 nitrogen and oxygen atoms in total. The van der Waals surface area contributed by atoms with Gasteiger partial charge in [0, 0.05) is 25.2 Å². The molecule has 2 amide bonds. The molecule has 0 aliphatic carbocycles. The van der Waals surface area contributed by atoms with Crippen LogP contribution in [0.15, 0.2) is 38.0 Å². The van der Waals surface area contributed by atoms with Gasteiger partial charge in [0.1, 0.15) is 11.5 Å². The summed E-state index contributed by atoms with van der Waals surface area (Å²) in [6.45, 7) is 1.86. The van der Waals surface area contributed by atoms with Crippen LogP contribution in [0, 0.1) is 0 Å². The molecule has 2 fully saturated rings. The lowest BCUT2D eigenvalue weighted by molar-refractivity contribution is -0.123. The monoisotopic (exact) mass is 430 g/mol. The van der Waals surface area contributed by atoms with Gasteiger partial charge in [-0.05, 0) is 42.8 Å². The van der Waals surface area contributed by atoms with Crippen molar-refractivity contribution in [2.24, 2.45) is 0 Å². The summed E-state index contributed by atoms with van der Waals surface area (Å²) in [6, 6.07) is 6.70. The lowest BCUT2D eigenvalue weighted by Crippen LogP contribution is -2.27. The smallest absolute Gasteiger partial charge is 0.373 e. The van der Waals surface area contributed by atoms with Crippen molar-refractivity contribution in [2.75, 3.05) is 25.1 Å². The second-order valence-corrected chi connectivity index (χ2v) is 8.10. The molecule has 0 atom stereocenters. The van der Waals surface area contributed by atoms with Crippen molar-refractivity contribution in [1.29, 1.82) is 0 Å². The molecular formula is C21H22N2O6S. The quantitative estimate of drug-likeness (QED) is 0.513. The first-order valence-electron chi connectivity index (χ1n) is 9.82. The molecule has 2 saturated heterocycles. The third-order valence-corrected chi connectivity index (χ3v) is 5.95. The number of methoxy groups -OCH3 is 1. The number of hydrogen-bond donors (Lipinski definition) is 0. The Bertz CT molecular complexity index is 983. The number of furan rings is 2. The number of hydrogen-bond acceptors (Lipinski definition) is 8. The van der Waals surface area contributed by atoms with Crippen LogP contribution in [0.5, 0.6) is 0 Å². The largest absolute Gasteiger partial charge is 0.463 e. The van der Waals surface area contributed by atoms with E-state index in [-0.39, 0.29) is 17.2 Å². The van der Waals surface area contributed by atoms with E-state index in [1.807, 2.05) is 12.1 Å². The summed E-state index contributed by atoms with van der Waals surface area (Å²) in [7, 11) is 1.25. The lowest BCUT2D eigenvalue weighted by atomic mass is 10.2. The number of thioether (sulfide) groups is 1. The van der Waals surface area contributed by atoms with Crippen LogP contribution >= 0.6 is 11.8 Å². The maximum atomic E-state index is 12.7. The lowest BCUT2D eigenvalue weighted by Gasteiger charge is -2.18. The Kier molecular flexibility index (Phi) is 5.98. The summed E-state index contributed by atoms with van der Waals surface area (Å²) < 4.78 is 15.9. The number of amides is 2. The van der Waals surface area contributed by atoms with Crippen LogP contribution in [0.25, 0.3) is 6.08 Å². The van der Waals surface area contributed by atoms with Crippen molar-refractivity contribution >= 4 is 40.8 Å². The topological polar surface area (TPSA) is 93.2 Å². The van der Waals surface area contributed by atoms with Crippen LogP contribution in [0.1, 0.15) is 47.8 Å². The molecule has 4 heterocycles. The summed E-state index contributed by atoms with van der Waals surface area (Å²) in [5, 5.41) is -0.401. The van der Waals surface area contributed by atoms with Gasteiger partial charge in [-0.3, -0.25) is 14.5 Å². The first kappa shape index (κ1) is 20.3. The van der Waals surface area contributed by atoms with Gasteiger partial charge in [-0.1, -0.05) is 12.8 Å². The normalized spacial score (nSPS) is 18.9. The number of esters is 1. The zero-order valence-corrected chi connectivity index (χ0v) is 17.4. The van der Waals surface area contributed by atoms with Crippen LogP contribution in [0.2, 0.25) is 0 Å². The highest BCUT2D eigenvalue weighted by atomic mass is 32.2. The summed E-state index contributed by atoms with van der Waals surface area (Å²) >= 11 is 0.853. The Morgan fingerprint density at radius 2 is 1.87 bits per heavy atom. The molecule has 2 aliphatic heterocycles. The molecule has 0 N–H and O–H groups in total. The molecule has 9 heteroatoms. The molecule has 0 saturated carbocycles. The van der Waals surface area contributed by atoms with Crippen molar-refractivity contribution in [3.8, 4) is 0 Å².